The first-order valence-corrected chi connectivity index (χ1v) is 22.3. The predicted octanol–water partition coefficient (Wildman–Crippen LogP) is 17.9. The quantitative estimate of drug-likeness (QED) is 0.156. The molecule has 65 heavy (non-hydrogen) atoms. The van der Waals surface area contributed by atoms with Crippen LogP contribution in [0.2, 0.25) is 0 Å². The fourth-order valence-electron chi connectivity index (χ4n) is 10.9. The third kappa shape index (κ3) is 5.19. The topological polar surface area (TPSA) is 32.8 Å². The van der Waals surface area contributed by atoms with Gasteiger partial charge in [-0.1, -0.05) is 152 Å². The number of rotatable bonds is 6. The molecule has 0 atom stereocenters. The number of para-hydroxylation sites is 4. The van der Waals surface area contributed by atoms with E-state index in [9.17, 15) is 0 Å². The molecule has 14 rings (SSSR count). The van der Waals surface area contributed by atoms with Crippen LogP contribution >= 0.6 is 0 Å². The number of benzene rings is 12. The Bertz CT molecular complexity index is 4200. The summed E-state index contributed by atoms with van der Waals surface area (Å²) in [5.74, 6) is 0. The molecule has 0 saturated heterocycles. The molecule has 0 aliphatic carbocycles. The van der Waals surface area contributed by atoms with E-state index in [4.69, 9.17) is 8.83 Å². The van der Waals surface area contributed by atoms with E-state index < -0.39 is 0 Å². The summed E-state index contributed by atoms with van der Waals surface area (Å²) in [6, 6.07) is 76.4. The van der Waals surface area contributed by atoms with Crippen molar-refractivity contribution in [3.8, 4) is 0 Å². The summed E-state index contributed by atoms with van der Waals surface area (Å²) in [5.41, 5.74) is 11.0. The van der Waals surface area contributed by atoms with E-state index in [1.165, 1.54) is 54.0 Å². The molecule has 0 bridgehead atoms. The molecular weight excluding hydrogens is 793 g/mol. The first-order valence-electron chi connectivity index (χ1n) is 22.3. The van der Waals surface area contributed by atoms with Gasteiger partial charge >= 0.3 is 0 Å². The van der Waals surface area contributed by atoms with E-state index in [2.05, 4.69) is 229 Å². The van der Waals surface area contributed by atoms with E-state index in [-0.39, 0.29) is 0 Å². The van der Waals surface area contributed by atoms with Crippen LogP contribution in [0.3, 0.4) is 0 Å². The first kappa shape index (κ1) is 35.9. The molecule has 2 heterocycles. The maximum absolute atomic E-state index is 6.91. The van der Waals surface area contributed by atoms with Crippen LogP contribution in [0.15, 0.2) is 221 Å². The minimum atomic E-state index is 0.859. The van der Waals surface area contributed by atoms with Gasteiger partial charge in [-0.15, -0.1) is 0 Å². The Labute approximate surface area is 373 Å². The van der Waals surface area contributed by atoms with Crippen molar-refractivity contribution in [3.63, 3.8) is 0 Å². The molecule has 0 aliphatic rings. The highest BCUT2D eigenvalue weighted by molar-refractivity contribution is 6.30. The lowest BCUT2D eigenvalue weighted by Gasteiger charge is -2.30. The molecule has 4 nitrogen and oxygen atoms in total. The summed E-state index contributed by atoms with van der Waals surface area (Å²) in [4.78, 5) is 4.78. The van der Waals surface area contributed by atoms with Crippen molar-refractivity contribution in [1.82, 2.24) is 0 Å². The standard InChI is InChI=1S/C61H38N2O2/c1-37-36-41-28-32-49(62(42-16-4-2-5-17-42)51-24-12-22-47-58-44-20-10-8-14-38(44)29-34-53(58)64-60(47)51)46-31-26-40-27-33-50(55(37)57(40)56(41)46)63(43-18-6-3-7-19-43)52-25-13-23-48-59-45-21-11-9-15-39(45)30-35-54(59)65-61(48)52/h2-36H,1H3. The number of nitrogens with zero attached hydrogens (tertiary/aromatic N) is 2. The Morgan fingerprint density at radius 2 is 0.769 bits per heavy atom. The summed E-state index contributed by atoms with van der Waals surface area (Å²) < 4.78 is 13.8. The molecule has 0 spiro atoms. The van der Waals surface area contributed by atoms with E-state index in [0.29, 0.717) is 0 Å². The maximum Gasteiger partial charge on any atom is 0.159 e. The summed E-state index contributed by atoms with van der Waals surface area (Å²) in [6.45, 7) is 2.26. The molecule has 0 radical (unpaired) electrons. The number of hydrogen-bond donors (Lipinski definition) is 0. The van der Waals surface area contributed by atoms with Crippen molar-refractivity contribution in [2.75, 3.05) is 9.80 Å². The van der Waals surface area contributed by atoms with Gasteiger partial charge in [0.15, 0.2) is 11.2 Å². The van der Waals surface area contributed by atoms with Crippen LogP contribution in [0.5, 0.6) is 0 Å². The van der Waals surface area contributed by atoms with Crippen LogP contribution in [0, 0.1) is 6.92 Å². The average molecular weight is 831 g/mol. The van der Waals surface area contributed by atoms with Gasteiger partial charge in [0.05, 0.1) is 22.7 Å². The van der Waals surface area contributed by atoms with Crippen molar-refractivity contribution < 1.29 is 8.83 Å². The lowest BCUT2D eigenvalue weighted by atomic mass is 9.89. The van der Waals surface area contributed by atoms with E-state index in [1.54, 1.807) is 0 Å². The summed E-state index contributed by atoms with van der Waals surface area (Å²) >= 11 is 0. The molecule has 0 amide bonds. The average Bonchev–Trinajstić information content (AvgIpc) is 3.95. The zero-order chi connectivity index (χ0) is 42.8. The minimum Gasteiger partial charge on any atom is -0.454 e. The third-order valence-corrected chi connectivity index (χ3v) is 13.6. The van der Waals surface area contributed by atoms with Crippen LogP contribution in [0.4, 0.5) is 34.1 Å². The van der Waals surface area contributed by atoms with Crippen molar-refractivity contribution in [3.05, 3.63) is 218 Å². The molecule has 0 N–H and O–H groups in total. The van der Waals surface area contributed by atoms with E-state index in [0.717, 1.165) is 83.4 Å². The molecule has 4 heteroatoms. The highest BCUT2D eigenvalue weighted by atomic mass is 16.3. The number of hydrogen-bond acceptors (Lipinski definition) is 4. The van der Waals surface area contributed by atoms with Crippen molar-refractivity contribution >= 4 is 132 Å². The van der Waals surface area contributed by atoms with Crippen LogP contribution in [-0.2, 0) is 0 Å². The number of aryl methyl sites for hydroxylation is 1. The Morgan fingerprint density at radius 3 is 1.37 bits per heavy atom. The normalized spacial score (nSPS) is 12.1. The second-order valence-corrected chi connectivity index (χ2v) is 17.2. The van der Waals surface area contributed by atoms with Crippen LogP contribution in [-0.4, -0.2) is 0 Å². The molecule has 12 aromatic carbocycles. The zero-order valence-electron chi connectivity index (χ0n) is 35.4. The highest BCUT2D eigenvalue weighted by Crippen LogP contribution is 2.51. The van der Waals surface area contributed by atoms with Gasteiger partial charge in [0.1, 0.15) is 11.2 Å². The van der Waals surface area contributed by atoms with Gasteiger partial charge in [-0.05, 0) is 116 Å². The van der Waals surface area contributed by atoms with E-state index >= 15 is 0 Å². The van der Waals surface area contributed by atoms with Crippen molar-refractivity contribution in [2.24, 2.45) is 0 Å². The molecule has 0 unspecified atom stereocenters. The van der Waals surface area contributed by atoms with Crippen LogP contribution in [0.25, 0.3) is 97.7 Å². The molecule has 2 aromatic heterocycles. The van der Waals surface area contributed by atoms with Gasteiger partial charge in [0.2, 0.25) is 0 Å². The third-order valence-electron chi connectivity index (χ3n) is 13.6. The fraction of sp³-hybridized carbons (Fsp3) is 0.0164. The summed E-state index contributed by atoms with van der Waals surface area (Å²) in [5, 5.41) is 16.5. The molecule has 0 fully saturated rings. The van der Waals surface area contributed by atoms with E-state index in [1.807, 2.05) is 0 Å². The zero-order valence-corrected chi connectivity index (χ0v) is 35.4. The van der Waals surface area contributed by atoms with Gasteiger partial charge in [-0.3, -0.25) is 0 Å². The smallest absolute Gasteiger partial charge is 0.159 e. The summed E-state index contributed by atoms with van der Waals surface area (Å²) in [6.07, 6.45) is 0. The Kier molecular flexibility index (Phi) is 7.57. The van der Waals surface area contributed by atoms with Gasteiger partial charge in [0.25, 0.3) is 0 Å². The predicted molar refractivity (Wildman–Crippen MR) is 274 cm³/mol. The largest absolute Gasteiger partial charge is 0.454 e. The van der Waals surface area contributed by atoms with Gasteiger partial charge in [-0.2, -0.15) is 0 Å². The molecule has 304 valence electrons. The Morgan fingerprint density at radius 1 is 0.292 bits per heavy atom. The first-order chi connectivity index (χ1) is 32.2. The fourth-order valence-corrected chi connectivity index (χ4v) is 10.9. The SMILES string of the molecule is Cc1cc2ccc(N(c3ccccc3)c3cccc4c3oc3ccc5ccccc5c34)c3ccc4ccc(N(c5ccccc5)c5cccc6c5oc5ccc7ccccc7c56)c1c4c23. The molecular formula is C61H38N2O2. The van der Waals surface area contributed by atoms with Crippen molar-refractivity contribution in [1.29, 1.82) is 0 Å². The van der Waals surface area contributed by atoms with Gasteiger partial charge in [0, 0.05) is 43.7 Å². The van der Waals surface area contributed by atoms with Gasteiger partial charge in [-0.25, -0.2) is 0 Å². The van der Waals surface area contributed by atoms with Crippen LogP contribution < -0.4 is 9.80 Å². The lowest BCUT2D eigenvalue weighted by Crippen LogP contribution is -2.12. The highest BCUT2D eigenvalue weighted by Gasteiger charge is 2.26. The molecule has 0 aliphatic heterocycles. The summed E-state index contributed by atoms with van der Waals surface area (Å²) in [7, 11) is 0. The molecule has 14 aromatic rings. The van der Waals surface area contributed by atoms with Gasteiger partial charge < -0.3 is 18.6 Å². The van der Waals surface area contributed by atoms with Crippen LogP contribution in [0.1, 0.15) is 5.56 Å². The Hall–Kier alpha value is -8.60. The minimum absolute atomic E-state index is 0.859. The van der Waals surface area contributed by atoms with Crippen molar-refractivity contribution in [2.45, 2.75) is 6.92 Å². The monoisotopic (exact) mass is 830 g/mol. The Balaban J connectivity index is 1.04. The number of anilines is 6. The second kappa shape index (κ2) is 13.7. The second-order valence-electron chi connectivity index (χ2n) is 17.2. The number of furan rings is 2. The molecule has 0 saturated carbocycles. The number of fused-ring (bicyclic) bond motifs is 10. The maximum atomic E-state index is 6.91. The lowest BCUT2D eigenvalue weighted by molar-refractivity contribution is 0.669.